The molecule has 0 aliphatic carbocycles. The Morgan fingerprint density at radius 1 is 1.33 bits per heavy atom. The van der Waals surface area contributed by atoms with Crippen molar-refractivity contribution in [2.45, 2.75) is 32.6 Å². The summed E-state index contributed by atoms with van der Waals surface area (Å²) in [5, 5.41) is 1.15. The first kappa shape index (κ1) is 14.6. The summed E-state index contributed by atoms with van der Waals surface area (Å²) in [6, 6.07) is 6.22. The molecule has 21 heavy (non-hydrogen) atoms. The molecule has 1 aromatic heterocycles. The van der Waals surface area contributed by atoms with Crippen molar-refractivity contribution in [3.05, 3.63) is 28.9 Å². The third-order valence-electron chi connectivity index (χ3n) is 4.57. The number of nitrogen functional groups attached to an aromatic ring is 1. The van der Waals surface area contributed by atoms with Gasteiger partial charge >= 0.3 is 0 Å². The van der Waals surface area contributed by atoms with Crippen molar-refractivity contribution in [2.75, 3.05) is 23.7 Å². The number of fused-ring (bicyclic) bond motifs is 1. The fraction of sp³-hybridized carbons (Fsp3) is 0.471. The minimum absolute atomic E-state index is 0.788. The molecule has 1 atom stereocenters. The molecule has 0 saturated carbocycles. The zero-order valence-electron chi connectivity index (χ0n) is 12.5. The van der Waals surface area contributed by atoms with Gasteiger partial charge in [-0.1, -0.05) is 29.3 Å². The highest BCUT2D eigenvalue weighted by Crippen LogP contribution is 2.35. The van der Waals surface area contributed by atoms with Crippen LogP contribution in [0.1, 0.15) is 32.6 Å². The average Bonchev–Trinajstić information content (AvgIpc) is 2.72. The third kappa shape index (κ3) is 3.00. The number of halogens is 1. The molecule has 0 bridgehead atoms. The number of nitrogens with two attached hydrogens (primary N) is 1. The van der Waals surface area contributed by atoms with E-state index in [0.717, 1.165) is 45.8 Å². The van der Waals surface area contributed by atoms with Crippen molar-refractivity contribution < 1.29 is 0 Å². The highest BCUT2D eigenvalue weighted by atomic mass is 79.9. The first-order chi connectivity index (χ1) is 10.2. The number of hydrogen-bond donors (Lipinski definition) is 1. The standard InChI is InChI=1S/C17H22BrN3/c1-2-12-4-3-8-21(9-7-12)17-14-10-13(18)5-6-16(14)20-11-15(17)19/h5-6,10-12H,2-4,7-9,19H2,1H3. The lowest BCUT2D eigenvalue weighted by atomic mass is 9.98. The van der Waals surface area contributed by atoms with Gasteiger partial charge in [-0.2, -0.15) is 0 Å². The van der Waals surface area contributed by atoms with Crippen molar-refractivity contribution in [3.8, 4) is 0 Å². The van der Waals surface area contributed by atoms with E-state index in [2.05, 4.69) is 44.9 Å². The second-order valence-corrected chi connectivity index (χ2v) is 6.83. The summed E-state index contributed by atoms with van der Waals surface area (Å²) >= 11 is 3.56. The van der Waals surface area contributed by atoms with Crippen LogP contribution in [-0.4, -0.2) is 18.1 Å². The van der Waals surface area contributed by atoms with Crippen LogP contribution in [-0.2, 0) is 0 Å². The number of nitrogens with zero attached hydrogens (tertiary/aromatic N) is 2. The van der Waals surface area contributed by atoms with Gasteiger partial charge in [-0.05, 0) is 43.4 Å². The summed E-state index contributed by atoms with van der Waals surface area (Å²) in [4.78, 5) is 6.92. The van der Waals surface area contributed by atoms with E-state index < -0.39 is 0 Å². The first-order valence-corrected chi connectivity index (χ1v) is 8.57. The molecular formula is C17H22BrN3. The summed E-state index contributed by atoms with van der Waals surface area (Å²) in [5.41, 5.74) is 9.23. The number of aromatic nitrogens is 1. The minimum Gasteiger partial charge on any atom is -0.396 e. The number of anilines is 2. The smallest absolute Gasteiger partial charge is 0.0745 e. The maximum atomic E-state index is 6.27. The van der Waals surface area contributed by atoms with E-state index in [4.69, 9.17) is 5.73 Å². The predicted octanol–water partition coefficient (Wildman–Crippen LogP) is 4.60. The molecular weight excluding hydrogens is 326 g/mol. The van der Waals surface area contributed by atoms with Crippen molar-refractivity contribution in [1.29, 1.82) is 0 Å². The quantitative estimate of drug-likeness (QED) is 0.863. The molecule has 1 saturated heterocycles. The van der Waals surface area contributed by atoms with Crippen LogP contribution in [0.3, 0.4) is 0 Å². The Balaban J connectivity index is 2.02. The SMILES string of the molecule is CCC1CCCN(c2c(N)cnc3ccc(Br)cc23)CC1. The Morgan fingerprint density at radius 2 is 2.19 bits per heavy atom. The van der Waals surface area contributed by atoms with Gasteiger partial charge in [0.1, 0.15) is 0 Å². The Hall–Kier alpha value is -1.29. The largest absolute Gasteiger partial charge is 0.396 e. The highest BCUT2D eigenvalue weighted by Gasteiger charge is 2.19. The van der Waals surface area contributed by atoms with Crippen LogP contribution in [0.15, 0.2) is 28.9 Å². The molecule has 1 aliphatic rings. The molecule has 3 nitrogen and oxygen atoms in total. The van der Waals surface area contributed by atoms with Gasteiger partial charge in [0.05, 0.1) is 23.1 Å². The molecule has 112 valence electrons. The lowest BCUT2D eigenvalue weighted by Crippen LogP contribution is -2.25. The Morgan fingerprint density at radius 3 is 3.00 bits per heavy atom. The van der Waals surface area contributed by atoms with Crippen molar-refractivity contribution in [1.82, 2.24) is 4.98 Å². The van der Waals surface area contributed by atoms with Gasteiger partial charge in [0.25, 0.3) is 0 Å². The molecule has 1 fully saturated rings. The number of pyridine rings is 1. The van der Waals surface area contributed by atoms with Crippen LogP contribution in [0.25, 0.3) is 10.9 Å². The molecule has 4 heteroatoms. The van der Waals surface area contributed by atoms with Gasteiger partial charge in [-0.3, -0.25) is 4.98 Å². The topological polar surface area (TPSA) is 42.1 Å². The fourth-order valence-electron chi connectivity index (χ4n) is 3.32. The summed E-state index contributed by atoms with van der Waals surface area (Å²) in [6.45, 7) is 4.48. The Labute approximate surface area is 134 Å². The van der Waals surface area contributed by atoms with E-state index in [-0.39, 0.29) is 0 Å². The van der Waals surface area contributed by atoms with Gasteiger partial charge in [-0.25, -0.2) is 0 Å². The normalized spacial score (nSPS) is 19.7. The van der Waals surface area contributed by atoms with E-state index in [1.54, 1.807) is 6.20 Å². The van der Waals surface area contributed by atoms with Crippen LogP contribution in [0.2, 0.25) is 0 Å². The summed E-state index contributed by atoms with van der Waals surface area (Å²) in [6.07, 6.45) is 6.92. The van der Waals surface area contributed by atoms with E-state index in [1.807, 2.05) is 6.07 Å². The molecule has 2 aromatic rings. The monoisotopic (exact) mass is 347 g/mol. The average molecular weight is 348 g/mol. The summed E-state index contributed by atoms with van der Waals surface area (Å²) in [5.74, 6) is 0.857. The molecule has 1 aromatic carbocycles. The Bertz CT molecular complexity index is 636. The molecule has 2 N–H and O–H groups in total. The lowest BCUT2D eigenvalue weighted by Gasteiger charge is -2.26. The summed E-state index contributed by atoms with van der Waals surface area (Å²) in [7, 11) is 0. The van der Waals surface area contributed by atoms with E-state index in [1.165, 1.54) is 25.7 Å². The first-order valence-electron chi connectivity index (χ1n) is 7.77. The summed E-state index contributed by atoms with van der Waals surface area (Å²) < 4.78 is 1.07. The third-order valence-corrected chi connectivity index (χ3v) is 5.06. The molecule has 2 heterocycles. The molecule has 3 rings (SSSR count). The molecule has 0 radical (unpaired) electrons. The molecule has 0 spiro atoms. The van der Waals surface area contributed by atoms with Crippen molar-refractivity contribution >= 4 is 38.2 Å². The van der Waals surface area contributed by atoms with Gasteiger partial charge in [-0.15, -0.1) is 0 Å². The zero-order valence-corrected chi connectivity index (χ0v) is 14.1. The van der Waals surface area contributed by atoms with Crippen LogP contribution in [0, 0.1) is 5.92 Å². The maximum absolute atomic E-state index is 6.27. The molecule has 0 amide bonds. The molecule has 1 unspecified atom stereocenters. The second-order valence-electron chi connectivity index (χ2n) is 5.92. The number of rotatable bonds is 2. The number of hydrogen-bond acceptors (Lipinski definition) is 3. The van der Waals surface area contributed by atoms with Gasteiger partial charge in [0.15, 0.2) is 0 Å². The van der Waals surface area contributed by atoms with Crippen molar-refractivity contribution in [2.24, 2.45) is 5.92 Å². The van der Waals surface area contributed by atoms with E-state index in [0.29, 0.717) is 0 Å². The van der Waals surface area contributed by atoms with Gasteiger partial charge in [0.2, 0.25) is 0 Å². The van der Waals surface area contributed by atoms with E-state index >= 15 is 0 Å². The van der Waals surface area contributed by atoms with Crippen molar-refractivity contribution in [3.63, 3.8) is 0 Å². The van der Waals surface area contributed by atoms with E-state index in [9.17, 15) is 0 Å². The van der Waals surface area contributed by atoms with Crippen LogP contribution >= 0.6 is 15.9 Å². The fourth-order valence-corrected chi connectivity index (χ4v) is 3.68. The van der Waals surface area contributed by atoms with Crippen LogP contribution in [0.5, 0.6) is 0 Å². The van der Waals surface area contributed by atoms with Crippen LogP contribution in [0.4, 0.5) is 11.4 Å². The maximum Gasteiger partial charge on any atom is 0.0745 e. The Kier molecular flexibility index (Phi) is 4.34. The molecule has 1 aliphatic heterocycles. The number of benzene rings is 1. The highest BCUT2D eigenvalue weighted by molar-refractivity contribution is 9.10. The predicted molar refractivity (Wildman–Crippen MR) is 93.7 cm³/mol. The second kappa shape index (κ2) is 6.22. The lowest BCUT2D eigenvalue weighted by molar-refractivity contribution is 0.459. The zero-order chi connectivity index (χ0) is 14.8. The van der Waals surface area contributed by atoms with Gasteiger partial charge in [0, 0.05) is 22.9 Å². The minimum atomic E-state index is 0.788. The van der Waals surface area contributed by atoms with Gasteiger partial charge < -0.3 is 10.6 Å². The van der Waals surface area contributed by atoms with Crippen LogP contribution < -0.4 is 10.6 Å².